The molecule has 0 aromatic heterocycles. The summed E-state index contributed by atoms with van der Waals surface area (Å²) >= 11 is 0. The van der Waals surface area contributed by atoms with E-state index in [4.69, 9.17) is 23.7 Å². The van der Waals surface area contributed by atoms with Crippen molar-refractivity contribution in [2.75, 3.05) is 19.8 Å². The molecule has 0 amide bonds. The lowest BCUT2D eigenvalue weighted by molar-refractivity contribution is -0.378. The molecule has 11 N–H and O–H groups in total. The van der Waals surface area contributed by atoms with Crippen LogP contribution in [-0.4, -0.2) is 168 Å². The lowest BCUT2D eigenvalue weighted by Gasteiger charge is -2.47. The first kappa shape index (κ1) is 27.9. The van der Waals surface area contributed by atoms with Crippen LogP contribution in [0.25, 0.3) is 0 Å². The van der Waals surface area contributed by atoms with Crippen molar-refractivity contribution >= 4 is 0 Å². The van der Waals surface area contributed by atoms with Gasteiger partial charge in [-0.1, -0.05) is 0 Å². The molecule has 0 spiro atoms. The molecule has 3 rings (SSSR count). The normalized spacial score (nSPS) is 52.5. The second-order valence-electron chi connectivity index (χ2n) is 8.33. The largest absolute Gasteiger partial charge is 0.394 e. The number of hydrogen-bond donors (Lipinski definition) is 11. The van der Waals surface area contributed by atoms with Crippen LogP contribution in [0, 0.1) is 0 Å². The van der Waals surface area contributed by atoms with Crippen LogP contribution in [0.5, 0.6) is 0 Å². The molecule has 1 unspecified atom stereocenters. The molecule has 3 saturated heterocycles. The summed E-state index contributed by atoms with van der Waals surface area (Å²) < 4.78 is 26.2. The van der Waals surface area contributed by atoms with Crippen molar-refractivity contribution in [1.82, 2.24) is 0 Å². The van der Waals surface area contributed by atoms with Crippen LogP contribution in [0.2, 0.25) is 0 Å². The minimum atomic E-state index is -1.93. The quantitative estimate of drug-likeness (QED) is 0.154. The van der Waals surface area contributed by atoms with E-state index in [1.54, 1.807) is 0 Å². The highest BCUT2D eigenvalue weighted by molar-refractivity contribution is 4.96. The summed E-state index contributed by atoms with van der Waals surface area (Å²) in [6, 6.07) is 0. The van der Waals surface area contributed by atoms with Crippen molar-refractivity contribution in [2.45, 2.75) is 92.1 Å². The summed E-state index contributed by atoms with van der Waals surface area (Å²) in [6.45, 7) is -2.31. The highest BCUT2D eigenvalue weighted by atomic mass is 16.7. The Morgan fingerprint density at radius 1 is 0.441 bits per heavy atom. The predicted octanol–water partition coefficient (Wildman–Crippen LogP) is -7.57. The van der Waals surface area contributed by atoms with Crippen LogP contribution >= 0.6 is 0 Å². The van der Waals surface area contributed by atoms with Gasteiger partial charge in [0.25, 0.3) is 0 Å². The molecule has 0 aromatic rings. The van der Waals surface area contributed by atoms with Gasteiger partial charge in [-0.15, -0.1) is 0 Å². The zero-order chi connectivity index (χ0) is 25.3. The van der Waals surface area contributed by atoms with Gasteiger partial charge in [-0.3, -0.25) is 0 Å². The average Bonchev–Trinajstić information content (AvgIpc) is 2.83. The maximum atomic E-state index is 10.6. The minimum Gasteiger partial charge on any atom is -0.394 e. The van der Waals surface area contributed by atoms with Gasteiger partial charge in [0.2, 0.25) is 0 Å². The fourth-order valence-electron chi connectivity index (χ4n) is 4.05. The van der Waals surface area contributed by atoms with Gasteiger partial charge >= 0.3 is 0 Å². The van der Waals surface area contributed by atoms with Gasteiger partial charge in [0.05, 0.1) is 19.8 Å². The minimum absolute atomic E-state index is 0.740. The van der Waals surface area contributed by atoms with E-state index in [0.29, 0.717) is 0 Å². The molecular formula is C18H32O16. The van der Waals surface area contributed by atoms with Gasteiger partial charge in [-0.05, 0) is 0 Å². The Bertz CT molecular complexity index is 637. The summed E-state index contributed by atoms with van der Waals surface area (Å²) in [5.74, 6) is 0. The van der Waals surface area contributed by atoms with E-state index >= 15 is 0 Å². The van der Waals surface area contributed by atoms with Gasteiger partial charge in [0.15, 0.2) is 18.9 Å². The van der Waals surface area contributed by atoms with E-state index in [9.17, 15) is 56.2 Å². The summed E-state index contributed by atoms with van der Waals surface area (Å²) in [5, 5.41) is 109. The predicted molar refractivity (Wildman–Crippen MR) is 101 cm³/mol. The Morgan fingerprint density at radius 2 is 0.912 bits per heavy atom. The molecule has 0 bridgehead atoms. The van der Waals surface area contributed by atoms with Crippen molar-refractivity contribution < 1.29 is 79.9 Å². The summed E-state index contributed by atoms with van der Waals surface area (Å²) in [7, 11) is 0. The molecule has 3 aliphatic rings. The van der Waals surface area contributed by atoms with Gasteiger partial charge < -0.3 is 79.9 Å². The van der Waals surface area contributed by atoms with E-state index in [2.05, 4.69) is 0 Å². The highest BCUT2D eigenvalue weighted by Gasteiger charge is 2.53. The highest BCUT2D eigenvalue weighted by Crippen LogP contribution is 2.32. The van der Waals surface area contributed by atoms with Gasteiger partial charge in [0.1, 0.15) is 73.2 Å². The van der Waals surface area contributed by atoms with Gasteiger partial charge in [-0.25, -0.2) is 0 Å². The molecule has 16 heteroatoms. The number of ether oxygens (including phenoxy) is 5. The van der Waals surface area contributed by atoms with Crippen molar-refractivity contribution in [3.63, 3.8) is 0 Å². The zero-order valence-electron chi connectivity index (χ0n) is 17.7. The number of hydrogen-bond acceptors (Lipinski definition) is 16. The molecule has 15 atom stereocenters. The second-order valence-corrected chi connectivity index (χ2v) is 8.33. The lowest BCUT2D eigenvalue weighted by atomic mass is 9.96. The maximum Gasteiger partial charge on any atom is 0.187 e. The third kappa shape index (κ3) is 5.37. The van der Waals surface area contributed by atoms with E-state index in [-0.39, 0.29) is 0 Å². The van der Waals surface area contributed by atoms with Crippen LogP contribution in [0.15, 0.2) is 0 Å². The van der Waals surface area contributed by atoms with Crippen LogP contribution < -0.4 is 0 Å². The van der Waals surface area contributed by atoms with Crippen LogP contribution in [0.1, 0.15) is 0 Å². The monoisotopic (exact) mass is 504 g/mol. The van der Waals surface area contributed by atoms with Gasteiger partial charge in [0, 0.05) is 0 Å². The Balaban J connectivity index is 1.72. The molecule has 16 nitrogen and oxygen atoms in total. The molecule has 200 valence electrons. The maximum absolute atomic E-state index is 10.6. The summed E-state index contributed by atoms with van der Waals surface area (Å²) in [4.78, 5) is 0. The lowest BCUT2D eigenvalue weighted by Crippen LogP contribution is -2.66. The standard InChI is InChI=1S/C18H32O16/c19-1-4-7(22)9(24)11(26)17(31-4)33-14-6(3-21)32-18(12(27)10(14)25)34-15-8(23)5(2-20)30-16(29)13(15)28/h4-29H,1-3H2/t4-,5-,6-,7-,8-,9+,10-,11+,12+,13+,14-,15+,16?,17+,18+/m1/s1. The zero-order valence-corrected chi connectivity index (χ0v) is 17.7. The fraction of sp³-hybridized carbons (Fsp3) is 1.00. The van der Waals surface area contributed by atoms with Crippen molar-refractivity contribution in [3.8, 4) is 0 Å². The number of aliphatic hydroxyl groups excluding tert-OH is 11. The first-order valence-corrected chi connectivity index (χ1v) is 10.6. The fourth-order valence-corrected chi connectivity index (χ4v) is 4.05. The smallest absolute Gasteiger partial charge is 0.187 e. The first-order chi connectivity index (χ1) is 16.0. The number of aliphatic hydroxyl groups is 11. The first-order valence-electron chi connectivity index (χ1n) is 10.6. The molecule has 3 heterocycles. The SMILES string of the molecule is OC[C@H]1O[C@@H](O[C@H]2[C@H](O)[C@H](O)[C@H](O[C@H]3[C@H](O)[C@@H](CO)OC(O)[C@H]3O)O[C@@H]2CO)[C@@H](O)[C@@H](O)[C@@H]1O. The second kappa shape index (κ2) is 11.6. The number of rotatable bonds is 7. The Kier molecular flexibility index (Phi) is 9.54. The van der Waals surface area contributed by atoms with Crippen LogP contribution in [0.3, 0.4) is 0 Å². The molecule has 0 aliphatic carbocycles. The van der Waals surface area contributed by atoms with Crippen LogP contribution in [0.4, 0.5) is 0 Å². The van der Waals surface area contributed by atoms with E-state index in [0.717, 1.165) is 0 Å². The molecule has 0 saturated carbocycles. The van der Waals surface area contributed by atoms with Crippen molar-refractivity contribution in [2.24, 2.45) is 0 Å². The Labute approximate surface area is 192 Å². The average molecular weight is 504 g/mol. The summed E-state index contributed by atoms with van der Waals surface area (Å²) in [6.07, 6.45) is -25.3. The van der Waals surface area contributed by atoms with Crippen molar-refractivity contribution in [3.05, 3.63) is 0 Å². The van der Waals surface area contributed by atoms with E-state index in [1.807, 2.05) is 0 Å². The summed E-state index contributed by atoms with van der Waals surface area (Å²) in [5.41, 5.74) is 0. The molecular weight excluding hydrogens is 472 g/mol. The third-order valence-electron chi connectivity index (χ3n) is 6.09. The molecule has 0 radical (unpaired) electrons. The Morgan fingerprint density at radius 3 is 1.47 bits per heavy atom. The van der Waals surface area contributed by atoms with Gasteiger partial charge in [-0.2, -0.15) is 0 Å². The molecule has 3 fully saturated rings. The topological polar surface area (TPSA) is 269 Å². The Hall–Kier alpha value is -0.640. The van der Waals surface area contributed by atoms with E-state index in [1.165, 1.54) is 0 Å². The molecule has 34 heavy (non-hydrogen) atoms. The van der Waals surface area contributed by atoms with Crippen LogP contribution in [-0.2, 0) is 23.7 Å². The molecule has 0 aromatic carbocycles. The van der Waals surface area contributed by atoms with Crippen molar-refractivity contribution in [1.29, 1.82) is 0 Å². The molecule has 3 aliphatic heterocycles. The van der Waals surface area contributed by atoms with E-state index < -0.39 is 112 Å². The third-order valence-corrected chi connectivity index (χ3v) is 6.09.